The molecule has 0 saturated carbocycles. The summed E-state index contributed by atoms with van der Waals surface area (Å²) in [6, 6.07) is 8.81. The molecule has 1 aromatic carbocycles. The van der Waals surface area contributed by atoms with Crippen LogP contribution < -0.4 is 0 Å². The van der Waals surface area contributed by atoms with Crippen LogP contribution >= 0.6 is 0 Å². The highest BCUT2D eigenvalue weighted by Crippen LogP contribution is 2.37. The van der Waals surface area contributed by atoms with Crippen molar-refractivity contribution in [2.45, 2.75) is 71.7 Å². The van der Waals surface area contributed by atoms with E-state index in [1.54, 1.807) is 0 Å². The van der Waals surface area contributed by atoms with Crippen molar-refractivity contribution in [2.75, 3.05) is 0 Å². The van der Waals surface area contributed by atoms with Crippen molar-refractivity contribution in [3.8, 4) is 0 Å². The van der Waals surface area contributed by atoms with Crippen molar-refractivity contribution in [1.29, 1.82) is 0 Å². The Morgan fingerprint density at radius 1 is 1.00 bits per heavy atom. The van der Waals surface area contributed by atoms with Gasteiger partial charge in [-0.25, -0.2) is 0 Å². The van der Waals surface area contributed by atoms with E-state index in [0.29, 0.717) is 6.61 Å². The lowest BCUT2D eigenvalue weighted by Crippen LogP contribution is -2.40. The largest absolute Gasteiger partial charge is 0.411 e. The van der Waals surface area contributed by atoms with Crippen molar-refractivity contribution in [3.05, 3.63) is 41.7 Å². The Morgan fingerprint density at radius 3 is 2.22 bits per heavy atom. The van der Waals surface area contributed by atoms with E-state index in [0.717, 1.165) is 5.69 Å². The van der Waals surface area contributed by atoms with Gasteiger partial charge in [0.2, 0.25) is 0 Å². The molecule has 23 heavy (non-hydrogen) atoms. The molecule has 2 nitrogen and oxygen atoms in total. The zero-order valence-corrected chi connectivity index (χ0v) is 16.9. The molecule has 126 valence electrons. The topological polar surface area (TPSA) is 22.1 Å². The van der Waals surface area contributed by atoms with Gasteiger partial charge in [-0.05, 0) is 40.6 Å². The molecular formula is C20H31NOSi. The molecule has 0 aliphatic rings. The van der Waals surface area contributed by atoms with Gasteiger partial charge in [-0.3, -0.25) is 4.98 Å². The van der Waals surface area contributed by atoms with Crippen LogP contribution in [0.3, 0.4) is 0 Å². The zero-order chi connectivity index (χ0) is 17.5. The monoisotopic (exact) mass is 329 g/mol. The first-order chi connectivity index (χ1) is 10.4. The quantitative estimate of drug-likeness (QED) is 0.639. The maximum atomic E-state index is 6.36. The zero-order valence-electron chi connectivity index (χ0n) is 15.9. The summed E-state index contributed by atoms with van der Waals surface area (Å²) in [6.07, 6.45) is 1.90. The molecule has 0 atom stereocenters. The number of aromatic nitrogens is 1. The molecule has 0 fully saturated rings. The summed E-state index contributed by atoms with van der Waals surface area (Å²) in [7, 11) is -1.76. The SMILES string of the molecule is CC(C)(C)c1ccc2c(CO[Si](C)(C)C(C)(C)C)nccc2c1. The molecule has 0 amide bonds. The minimum absolute atomic E-state index is 0.162. The summed E-state index contributed by atoms with van der Waals surface area (Å²) in [5.41, 5.74) is 2.56. The third-order valence-electron chi connectivity index (χ3n) is 5.09. The minimum atomic E-state index is -1.76. The highest BCUT2D eigenvalue weighted by atomic mass is 28.4. The molecule has 0 saturated heterocycles. The average molecular weight is 330 g/mol. The van der Waals surface area contributed by atoms with Crippen LogP contribution in [0.25, 0.3) is 10.8 Å². The van der Waals surface area contributed by atoms with E-state index >= 15 is 0 Å². The molecule has 0 radical (unpaired) electrons. The third kappa shape index (κ3) is 4.02. The van der Waals surface area contributed by atoms with Gasteiger partial charge in [0.25, 0.3) is 0 Å². The summed E-state index contributed by atoms with van der Waals surface area (Å²) >= 11 is 0. The van der Waals surface area contributed by atoms with Crippen molar-refractivity contribution in [1.82, 2.24) is 4.98 Å². The van der Waals surface area contributed by atoms with Crippen molar-refractivity contribution in [2.24, 2.45) is 0 Å². The number of nitrogens with zero attached hydrogens (tertiary/aromatic N) is 1. The van der Waals surface area contributed by atoms with Gasteiger partial charge in [0.15, 0.2) is 8.32 Å². The first-order valence-corrected chi connectivity index (χ1v) is 11.3. The first-order valence-electron chi connectivity index (χ1n) is 8.44. The van der Waals surface area contributed by atoms with Gasteiger partial charge < -0.3 is 4.43 Å². The van der Waals surface area contributed by atoms with Crippen LogP contribution in [0, 0.1) is 0 Å². The van der Waals surface area contributed by atoms with E-state index in [4.69, 9.17) is 4.43 Å². The number of rotatable bonds is 3. The van der Waals surface area contributed by atoms with Gasteiger partial charge in [0.05, 0.1) is 12.3 Å². The van der Waals surface area contributed by atoms with Crippen molar-refractivity contribution in [3.63, 3.8) is 0 Å². The van der Waals surface area contributed by atoms with E-state index in [9.17, 15) is 0 Å². The Bertz CT molecular complexity index is 693. The lowest BCUT2D eigenvalue weighted by atomic mass is 9.86. The molecule has 0 spiro atoms. The normalized spacial score (nSPS) is 13.6. The van der Waals surface area contributed by atoms with Gasteiger partial charge in [-0.2, -0.15) is 0 Å². The van der Waals surface area contributed by atoms with Gasteiger partial charge in [-0.15, -0.1) is 0 Å². The van der Waals surface area contributed by atoms with Gasteiger partial charge in [0, 0.05) is 11.6 Å². The second-order valence-corrected chi connectivity index (χ2v) is 13.8. The van der Waals surface area contributed by atoms with Crippen LogP contribution in [0.2, 0.25) is 18.1 Å². The Labute approximate surface area is 142 Å². The number of hydrogen-bond donors (Lipinski definition) is 0. The van der Waals surface area contributed by atoms with E-state index < -0.39 is 8.32 Å². The van der Waals surface area contributed by atoms with E-state index in [2.05, 4.69) is 83.9 Å². The lowest BCUT2D eigenvalue weighted by molar-refractivity contribution is 0.273. The molecular weight excluding hydrogens is 298 g/mol. The van der Waals surface area contributed by atoms with Gasteiger partial charge in [0.1, 0.15) is 0 Å². The number of hydrogen-bond acceptors (Lipinski definition) is 2. The summed E-state index contributed by atoms with van der Waals surface area (Å²) < 4.78 is 6.36. The average Bonchev–Trinajstić information content (AvgIpc) is 2.42. The van der Waals surface area contributed by atoms with Crippen LogP contribution in [-0.4, -0.2) is 13.3 Å². The fourth-order valence-electron chi connectivity index (χ4n) is 2.29. The molecule has 3 heteroatoms. The van der Waals surface area contributed by atoms with Crippen molar-refractivity contribution < 1.29 is 4.43 Å². The number of pyridine rings is 1. The molecule has 0 bridgehead atoms. The summed E-state index contributed by atoms with van der Waals surface area (Å²) in [6.45, 7) is 18.7. The Morgan fingerprint density at radius 2 is 1.65 bits per heavy atom. The third-order valence-corrected chi connectivity index (χ3v) is 9.57. The molecule has 2 aromatic rings. The van der Waals surface area contributed by atoms with Gasteiger partial charge >= 0.3 is 0 Å². The van der Waals surface area contributed by atoms with Crippen LogP contribution in [-0.2, 0) is 16.4 Å². The van der Waals surface area contributed by atoms with Crippen LogP contribution in [0.4, 0.5) is 0 Å². The Hall–Kier alpha value is -1.19. The van der Waals surface area contributed by atoms with Crippen molar-refractivity contribution >= 4 is 19.1 Å². The molecule has 0 aliphatic carbocycles. The molecule has 0 aliphatic heterocycles. The lowest BCUT2D eigenvalue weighted by Gasteiger charge is -2.36. The van der Waals surface area contributed by atoms with Gasteiger partial charge in [-0.1, -0.05) is 59.7 Å². The Kier molecular flexibility index (Phi) is 4.75. The Balaban J connectivity index is 2.33. The van der Waals surface area contributed by atoms with E-state index in [1.807, 2.05) is 6.20 Å². The van der Waals surface area contributed by atoms with E-state index in [-0.39, 0.29) is 10.5 Å². The molecule has 2 rings (SSSR count). The summed E-state index contributed by atoms with van der Waals surface area (Å²) in [4.78, 5) is 4.58. The minimum Gasteiger partial charge on any atom is -0.411 e. The molecule has 1 aromatic heterocycles. The number of fused-ring (bicyclic) bond motifs is 1. The second-order valence-electron chi connectivity index (χ2n) is 8.99. The molecule has 0 N–H and O–H groups in total. The fraction of sp³-hybridized carbons (Fsp3) is 0.550. The predicted octanol–water partition coefficient (Wildman–Crippen LogP) is 6.05. The predicted molar refractivity (Wildman–Crippen MR) is 102 cm³/mol. The molecule has 1 heterocycles. The molecule has 0 unspecified atom stereocenters. The standard InChI is InChI=1S/C20H31NOSi/c1-19(2,3)16-9-10-17-15(13-16)11-12-21-18(17)14-22-23(7,8)20(4,5)6/h9-13H,14H2,1-8H3. The van der Waals surface area contributed by atoms with Crippen LogP contribution in [0.5, 0.6) is 0 Å². The summed E-state index contributed by atoms with van der Waals surface area (Å²) in [5, 5.41) is 2.68. The fourth-order valence-corrected chi connectivity index (χ4v) is 3.22. The second kappa shape index (κ2) is 6.03. The smallest absolute Gasteiger partial charge is 0.192 e. The van der Waals surface area contributed by atoms with E-state index in [1.165, 1.54) is 16.3 Å². The maximum absolute atomic E-state index is 6.36. The van der Waals surface area contributed by atoms with Crippen LogP contribution in [0.1, 0.15) is 52.8 Å². The maximum Gasteiger partial charge on any atom is 0.192 e. The first kappa shape index (κ1) is 18.1. The van der Waals surface area contributed by atoms with Crippen LogP contribution in [0.15, 0.2) is 30.5 Å². The number of benzene rings is 1. The summed E-state index contributed by atoms with van der Waals surface area (Å²) in [5.74, 6) is 0. The highest BCUT2D eigenvalue weighted by Gasteiger charge is 2.37. The highest BCUT2D eigenvalue weighted by molar-refractivity contribution is 6.74.